The molecule has 1 aromatic rings. The lowest BCUT2D eigenvalue weighted by Crippen LogP contribution is -2.43. The lowest BCUT2D eigenvalue weighted by atomic mass is 9.99. The van der Waals surface area contributed by atoms with E-state index < -0.39 is 0 Å². The Morgan fingerprint density at radius 1 is 1.40 bits per heavy atom. The van der Waals surface area contributed by atoms with Crippen LogP contribution >= 0.6 is 0 Å². The van der Waals surface area contributed by atoms with Crippen molar-refractivity contribution in [3.05, 3.63) is 36.8 Å². The average molecular weight is 277 g/mol. The van der Waals surface area contributed by atoms with Crippen LogP contribution in [0.2, 0.25) is 0 Å². The van der Waals surface area contributed by atoms with E-state index in [2.05, 4.69) is 11.5 Å². The molecule has 0 radical (unpaired) electrons. The van der Waals surface area contributed by atoms with Crippen molar-refractivity contribution in [2.45, 2.75) is 44.1 Å². The van der Waals surface area contributed by atoms with E-state index in [1.54, 1.807) is 12.3 Å². The summed E-state index contributed by atoms with van der Waals surface area (Å²) in [7, 11) is 0. The van der Waals surface area contributed by atoms with Gasteiger partial charge in [-0.25, -0.2) is 0 Å². The van der Waals surface area contributed by atoms with Gasteiger partial charge in [0.15, 0.2) is 0 Å². The molecule has 1 aromatic heterocycles. The van der Waals surface area contributed by atoms with Crippen LogP contribution in [0.25, 0.3) is 0 Å². The van der Waals surface area contributed by atoms with E-state index in [1.165, 1.54) is 12.0 Å². The average Bonchev–Trinajstić information content (AvgIpc) is 3.10. The summed E-state index contributed by atoms with van der Waals surface area (Å²) in [4.78, 5) is 2.52. The van der Waals surface area contributed by atoms with E-state index in [0.29, 0.717) is 25.4 Å². The van der Waals surface area contributed by atoms with Gasteiger partial charge in [-0.1, -0.05) is 6.08 Å². The molecule has 2 saturated heterocycles. The van der Waals surface area contributed by atoms with Crippen molar-refractivity contribution < 1.29 is 13.9 Å². The number of hydrogen-bond donors (Lipinski definition) is 0. The van der Waals surface area contributed by atoms with Crippen molar-refractivity contribution in [2.24, 2.45) is 0 Å². The van der Waals surface area contributed by atoms with Crippen molar-refractivity contribution in [3.8, 4) is 0 Å². The predicted octanol–water partition coefficient (Wildman–Crippen LogP) is 2.60. The summed E-state index contributed by atoms with van der Waals surface area (Å²) in [5.74, 6) is 0. The van der Waals surface area contributed by atoms with Crippen molar-refractivity contribution in [3.63, 3.8) is 0 Å². The largest absolute Gasteiger partial charge is 0.472 e. The number of ether oxygens (including phenoxy) is 2. The first kappa shape index (κ1) is 13.9. The third-order valence-electron chi connectivity index (χ3n) is 4.26. The topological polar surface area (TPSA) is 34.8 Å². The molecule has 0 aliphatic carbocycles. The second kappa shape index (κ2) is 6.57. The van der Waals surface area contributed by atoms with Gasteiger partial charge < -0.3 is 13.9 Å². The fraction of sp³-hybridized carbons (Fsp3) is 0.625. The van der Waals surface area contributed by atoms with Gasteiger partial charge in [-0.2, -0.15) is 0 Å². The van der Waals surface area contributed by atoms with Crippen LogP contribution in [0, 0.1) is 0 Å². The lowest BCUT2D eigenvalue weighted by Gasteiger charge is -2.35. The van der Waals surface area contributed by atoms with Crippen LogP contribution in [0.15, 0.2) is 35.7 Å². The molecule has 3 heterocycles. The zero-order chi connectivity index (χ0) is 13.8. The van der Waals surface area contributed by atoms with Crippen LogP contribution in [-0.2, 0) is 16.0 Å². The number of rotatable bonds is 6. The summed E-state index contributed by atoms with van der Waals surface area (Å²) >= 11 is 0. The molecule has 3 rings (SSSR count). The summed E-state index contributed by atoms with van der Waals surface area (Å²) in [5.41, 5.74) is 1.25. The Morgan fingerprint density at radius 2 is 2.35 bits per heavy atom. The summed E-state index contributed by atoms with van der Waals surface area (Å²) in [6.07, 6.45) is 9.40. The molecule has 4 heteroatoms. The highest BCUT2D eigenvalue weighted by molar-refractivity contribution is 5.07. The van der Waals surface area contributed by atoms with E-state index in [4.69, 9.17) is 13.9 Å². The Hall–Kier alpha value is -1.10. The minimum atomic E-state index is 0.255. The Labute approximate surface area is 120 Å². The first-order valence-electron chi connectivity index (χ1n) is 7.46. The molecule has 0 saturated carbocycles. The molecule has 0 aromatic carbocycles. The highest BCUT2D eigenvalue weighted by atomic mass is 16.5. The number of hydrogen-bond acceptors (Lipinski definition) is 4. The van der Waals surface area contributed by atoms with Gasteiger partial charge >= 0.3 is 0 Å². The number of fused-ring (bicyclic) bond motifs is 1. The molecule has 0 unspecified atom stereocenters. The minimum absolute atomic E-state index is 0.255. The molecule has 0 spiro atoms. The second-order valence-corrected chi connectivity index (χ2v) is 5.66. The van der Waals surface area contributed by atoms with Crippen molar-refractivity contribution in [2.75, 3.05) is 19.8 Å². The monoisotopic (exact) mass is 277 g/mol. The van der Waals surface area contributed by atoms with Gasteiger partial charge in [0.05, 0.1) is 37.9 Å². The Bertz CT molecular complexity index is 417. The number of likely N-dealkylation sites (tertiary alicyclic amines) is 1. The zero-order valence-electron chi connectivity index (χ0n) is 11.9. The number of nitrogens with zero attached hydrogens (tertiary/aromatic N) is 1. The smallest absolute Gasteiger partial charge is 0.0947 e. The fourth-order valence-electron chi connectivity index (χ4n) is 3.30. The predicted molar refractivity (Wildman–Crippen MR) is 76.4 cm³/mol. The molecule has 110 valence electrons. The van der Waals surface area contributed by atoms with Crippen LogP contribution in [0.1, 0.15) is 24.8 Å². The van der Waals surface area contributed by atoms with Gasteiger partial charge in [0.2, 0.25) is 0 Å². The molecule has 0 amide bonds. The van der Waals surface area contributed by atoms with Gasteiger partial charge in [0, 0.05) is 24.7 Å². The van der Waals surface area contributed by atoms with E-state index in [-0.39, 0.29) is 6.10 Å². The van der Waals surface area contributed by atoms with Gasteiger partial charge in [-0.15, -0.1) is 6.58 Å². The summed E-state index contributed by atoms with van der Waals surface area (Å²) < 4.78 is 16.8. The number of furan rings is 1. The van der Waals surface area contributed by atoms with Gasteiger partial charge in [0.25, 0.3) is 0 Å². The highest BCUT2D eigenvalue weighted by Crippen LogP contribution is 2.32. The van der Waals surface area contributed by atoms with Crippen molar-refractivity contribution in [1.82, 2.24) is 4.90 Å². The van der Waals surface area contributed by atoms with Crippen LogP contribution < -0.4 is 0 Å². The molecular formula is C16H23NO3. The van der Waals surface area contributed by atoms with E-state index in [0.717, 1.165) is 25.9 Å². The second-order valence-electron chi connectivity index (χ2n) is 5.66. The molecule has 2 fully saturated rings. The molecule has 3 atom stereocenters. The zero-order valence-corrected chi connectivity index (χ0v) is 11.9. The minimum Gasteiger partial charge on any atom is -0.472 e. The lowest BCUT2D eigenvalue weighted by molar-refractivity contribution is -0.0971. The molecule has 0 N–H and O–H groups in total. The fourth-order valence-corrected chi connectivity index (χ4v) is 3.30. The third kappa shape index (κ3) is 3.14. The van der Waals surface area contributed by atoms with E-state index in [1.807, 2.05) is 12.3 Å². The SMILES string of the molecule is C=CCOC[C@@H]1CC[C@H]2[C@H](CCN2Cc2ccoc2)O1. The first-order valence-corrected chi connectivity index (χ1v) is 7.46. The Balaban J connectivity index is 1.50. The standard InChI is InChI=1S/C16H23NO3/c1-2-8-18-12-14-3-4-15-16(20-14)5-7-17(15)10-13-6-9-19-11-13/h2,6,9,11,14-16H,1,3-5,7-8,10,12H2/t14-,15-,16-/m0/s1. The quantitative estimate of drug-likeness (QED) is 0.591. The van der Waals surface area contributed by atoms with Crippen molar-refractivity contribution in [1.29, 1.82) is 0 Å². The molecule has 0 bridgehead atoms. The van der Waals surface area contributed by atoms with Gasteiger partial charge in [0.1, 0.15) is 0 Å². The summed E-state index contributed by atoms with van der Waals surface area (Å²) in [5, 5.41) is 0. The normalized spacial score (nSPS) is 30.3. The van der Waals surface area contributed by atoms with Crippen LogP contribution in [-0.4, -0.2) is 42.9 Å². The Morgan fingerprint density at radius 3 is 3.15 bits per heavy atom. The van der Waals surface area contributed by atoms with Crippen LogP contribution in [0.5, 0.6) is 0 Å². The molecule has 2 aliphatic rings. The van der Waals surface area contributed by atoms with Crippen molar-refractivity contribution >= 4 is 0 Å². The van der Waals surface area contributed by atoms with Gasteiger partial charge in [-0.3, -0.25) is 4.90 Å². The summed E-state index contributed by atoms with van der Waals surface area (Å²) in [6.45, 7) is 7.05. The molecule has 2 aliphatic heterocycles. The Kier molecular flexibility index (Phi) is 4.55. The summed E-state index contributed by atoms with van der Waals surface area (Å²) in [6, 6.07) is 2.60. The van der Waals surface area contributed by atoms with E-state index in [9.17, 15) is 0 Å². The van der Waals surface area contributed by atoms with Crippen LogP contribution in [0.3, 0.4) is 0 Å². The molecule has 4 nitrogen and oxygen atoms in total. The maximum absolute atomic E-state index is 6.18. The maximum Gasteiger partial charge on any atom is 0.0947 e. The maximum atomic E-state index is 6.18. The van der Waals surface area contributed by atoms with E-state index >= 15 is 0 Å². The highest BCUT2D eigenvalue weighted by Gasteiger charge is 2.39. The molecular weight excluding hydrogens is 254 g/mol. The third-order valence-corrected chi connectivity index (χ3v) is 4.26. The van der Waals surface area contributed by atoms with Crippen LogP contribution in [0.4, 0.5) is 0 Å². The van der Waals surface area contributed by atoms with Gasteiger partial charge in [-0.05, 0) is 25.3 Å². The molecule has 20 heavy (non-hydrogen) atoms. The first-order chi connectivity index (χ1) is 9.86.